The Labute approximate surface area is 192 Å². The molecular formula is C24H25N5O3S. The smallest absolute Gasteiger partial charge is 0.189 e. The molecule has 4 rings (SSSR count). The predicted molar refractivity (Wildman–Crippen MR) is 128 cm³/mol. The average Bonchev–Trinajstić information content (AvgIpc) is 3.30. The summed E-state index contributed by atoms with van der Waals surface area (Å²) < 4.78 is 30.1. The van der Waals surface area contributed by atoms with E-state index >= 15 is 0 Å². The second kappa shape index (κ2) is 9.51. The second-order valence-corrected chi connectivity index (χ2v) is 9.75. The molecule has 2 aromatic carbocycles. The van der Waals surface area contributed by atoms with Crippen molar-refractivity contribution in [1.29, 1.82) is 0 Å². The van der Waals surface area contributed by atoms with Gasteiger partial charge in [0.25, 0.3) is 0 Å². The summed E-state index contributed by atoms with van der Waals surface area (Å²) in [5.74, 6) is 0.732. The van der Waals surface area contributed by atoms with Gasteiger partial charge in [0.2, 0.25) is 0 Å². The molecule has 0 radical (unpaired) electrons. The number of nitrogen functional groups attached to an aromatic ring is 1. The van der Waals surface area contributed by atoms with E-state index in [4.69, 9.17) is 10.3 Å². The summed E-state index contributed by atoms with van der Waals surface area (Å²) in [5.41, 5.74) is 10.5. The van der Waals surface area contributed by atoms with Crippen molar-refractivity contribution in [2.24, 2.45) is 0 Å². The van der Waals surface area contributed by atoms with Crippen molar-refractivity contribution in [3.8, 4) is 34.0 Å². The van der Waals surface area contributed by atoms with Crippen molar-refractivity contribution >= 4 is 15.7 Å². The van der Waals surface area contributed by atoms with Gasteiger partial charge in [-0.1, -0.05) is 48.5 Å². The first-order chi connectivity index (χ1) is 15.9. The lowest BCUT2D eigenvalue weighted by Gasteiger charge is -2.07. The Bertz CT molecular complexity index is 1350. The fourth-order valence-electron chi connectivity index (χ4n) is 3.46. The lowest BCUT2D eigenvalue weighted by atomic mass is 10.1. The van der Waals surface area contributed by atoms with Gasteiger partial charge in [0.15, 0.2) is 27.1 Å². The Morgan fingerprint density at radius 1 is 1.00 bits per heavy atom. The molecule has 0 spiro atoms. The molecule has 0 fully saturated rings. The number of sulfone groups is 1. The van der Waals surface area contributed by atoms with Gasteiger partial charge in [-0.15, -0.1) is 0 Å². The fraction of sp³-hybridized carbons (Fsp3) is 0.208. The summed E-state index contributed by atoms with van der Waals surface area (Å²) in [6.45, 7) is 2.63. The van der Waals surface area contributed by atoms with E-state index < -0.39 is 9.84 Å². The van der Waals surface area contributed by atoms with E-state index in [9.17, 15) is 8.42 Å². The van der Waals surface area contributed by atoms with Crippen LogP contribution in [0.1, 0.15) is 18.9 Å². The highest BCUT2D eigenvalue weighted by Crippen LogP contribution is 2.30. The van der Waals surface area contributed by atoms with Crippen LogP contribution in [0.4, 0.5) is 5.82 Å². The van der Waals surface area contributed by atoms with Crippen molar-refractivity contribution in [3.63, 3.8) is 0 Å². The molecule has 0 aliphatic carbocycles. The maximum Gasteiger partial charge on any atom is 0.189 e. The second-order valence-electron chi connectivity index (χ2n) is 7.64. The molecule has 0 unspecified atom stereocenters. The molecular weight excluding hydrogens is 438 g/mol. The first kappa shape index (κ1) is 22.6. The van der Waals surface area contributed by atoms with E-state index in [0.29, 0.717) is 29.3 Å². The van der Waals surface area contributed by atoms with Crippen LogP contribution in [0.2, 0.25) is 0 Å². The molecule has 8 nitrogen and oxygen atoms in total. The zero-order valence-corrected chi connectivity index (χ0v) is 19.3. The van der Waals surface area contributed by atoms with Gasteiger partial charge in [0.1, 0.15) is 5.69 Å². The van der Waals surface area contributed by atoms with Crippen LogP contribution >= 0.6 is 0 Å². The maximum atomic E-state index is 12.3. The fourth-order valence-corrected chi connectivity index (χ4v) is 4.78. The van der Waals surface area contributed by atoms with Gasteiger partial charge in [0.05, 0.1) is 22.5 Å². The van der Waals surface area contributed by atoms with Gasteiger partial charge in [-0.3, -0.25) is 0 Å². The first-order valence-corrected chi connectivity index (χ1v) is 12.2. The molecule has 170 valence electrons. The summed E-state index contributed by atoms with van der Waals surface area (Å²) in [7, 11) is -1.38. The molecule has 0 bridgehead atoms. The highest BCUT2D eigenvalue weighted by atomic mass is 32.2. The lowest BCUT2D eigenvalue weighted by Crippen LogP contribution is -2.05. The number of nitrogens with zero attached hydrogens (tertiary/aromatic N) is 3. The largest absolute Gasteiger partial charge is 0.382 e. The van der Waals surface area contributed by atoms with Crippen LogP contribution in [0, 0.1) is 0 Å². The minimum absolute atomic E-state index is 0.115. The van der Waals surface area contributed by atoms with Crippen LogP contribution in [0.3, 0.4) is 0 Å². The zero-order valence-electron chi connectivity index (χ0n) is 18.4. The third-order valence-corrected chi connectivity index (χ3v) is 7.09. The number of nitrogens with one attached hydrogen (secondary N) is 1. The summed E-state index contributed by atoms with van der Waals surface area (Å²) in [6, 6.07) is 16.4. The van der Waals surface area contributed by atoms with Crippen molar-refractivity contribution in [3.05, 3.63) is 66.4 Å². The molecule has 9 heteroatoms. The Morgan fingerprint density at radius 2 is 1.67 bits per heavy atom. The quantitative estimate of drug-likeness (QED) is 0.402. The van der Waals surface area contributed by atoms with Crippen molar-refractivity contribution in [2.75, 3.05) is 18.5 Å². The van der Waals surface area contributed by atoms with E-state index in [-0.39, 0.29) is 16.5 Å². The molecule has 2 aromatic heterocycles. The number of hydrogen-bond donors (Lipinski definition) is 2. The monoisotopic (exact) mass is 463 g/mol. The number of nitrogens with two attached hydrogens (primary N) is 1. The van der Waals surface area contributed by atoms with Crippen molar-refractivity contribution in [1.82, 2.24) is 20.4 Å². The number of benzene rings is 2. The molecule has 0 atom stereocenters. The van der Waals surface area contributed by atoms with E-state index in [1.54, 1.807) is 36.5 Å². The summed E-state index contributed by atoms with van der Waals surface area (Å²) in [6.07, 6.45) is 2.11. The normalized spacial score (nSPS) is 11.6. The Morgan fingerprint density at radius 3 is 2.33 bits per heavy atom. The molecule has 0 saturated heterocycles. The number of rotatable bonds is 8. The summed E-state index contributed by atoms with van der Waals surface area (Å²) >= 11 is 0. The number of hydrogen-bond acceptors (Lipinski definition) is 8. The highest BCUT2D eigenvalue weighted by molar-refractivity contribution is 7.91. The van der Waals surface area contributed by atoms with Crippen LogP contribution in [0.5, 0.6) is 0 Å². The highest BCUT2D eigenvalue weighted by Gasteiger charge is 2.17. The number of anilines is 1. The van der Waals surface area contributed by atoms with Gasteiger partial charge in [-0.2, -0.15) is 0 Å². The van der Waals surface area contributed by atoms with Crippen LogP contribution in [0.25, 0.3) is 34.0 Å². The Balaban J connectivity index is 1.62. The molecule has 0 aliphatic rings. The van der Waals surface area contributed by atoms with Crippen LogP contribution in [-0.4, -0.2) is 36.3 Å². The van der Waals surface area contributed by atoms with Gasteiger partial charge in [-0.25, -0.2) is 18.4 Å². The standard InChI is InChI=1S/C24H25N5O3S/c1-3-12-33(30,31)19-10-8-18(9-11-19)21-15-27-24(25)23(28-21)22-13-20(29-32-22)17-6-4-16(5-7-17)14-26-2/h4-11,13,15,26H,3,12,14H2,1-2H3,(H2,25,27). The first-order valence-electron chi connectivity index (χ1n) is 10.6. The molecule has 0 aliphatic heterocycles. The molecule has 33 heavy (non-hydrogen) atoms. The van der Waals surface area contributed by atoms with E-state index in [1.165, 1.54) is 5.56 Å². The van der Waals surface area contributed by atoms with Crippen molar-refractivity contribution < 1.29 is 12.9 Å². The molecule has 0 saturated carbocycles. The average molecular weight is 464 g/mol. The molecule has 0 amide bonds. The van der Waals surface area contributed by atoms with Crippen LogP contribution in [-0.2, 0) is 16.4 Å². The third-order valence-electron chi connectivity index (χ3n) is 5.16. The Kier molecular flexibility index (Phi) is 6.52. The summed E-state index contributed by atoms with van der Waals surface area (Å²) in [4.78, 5) is 9.15. The van der Waals surface area contributed by atoms with E-state index in [2.05, 4.69) is 20.4 Å². The van der Waals surface area contributed by atoms with Gasteiger partial charge in [-0.05, 0) is 31.2 Å². The van der Waals surface area contributed by atoms with Gasteiger partial charge in [0, 0.05) is 23.7 Å². The van der Waals surface area contributed by atoms with Gasteiger partial charge >= 0.3 is 0 Å². The Hall–Kier alpha value is -3.56. The minimum Gasteiger partial charge on any atom is -0.382 e. The number of aromatic nitrogens is 3. The lowest BCUT2D eigenvalue weighted by molar-refractivity contribution is 0.434. The maximum absolute atomic E-state index is 12.3. The van der Waals surface area contributed by atoms with E-state index in [0.717, 1.165) is 17.7 Å². The van der Waals surface area contributed by atoms with Crippen molar-refractivity contribution in [2.45, 2.75) is 24.8 Å². The molecule has 4 aromatic rings. The molecule has 2 heterocycles. The third kappa shape index (κ3) is 4.94. The molecule has 3 N–H and O–H groups in total. The topological polar surface area (TPSA) is 124 Å². The SMILES string of the molecule is CCCS(=O)(=O)c1ccc(-c2cnc(N)c(-c3cc(-c4ccc(CNC)cc4)no3)n2)cc1. The van der Waals surface area contributed by atoms with E-state index in [1.807, 2.05) is 38.2 Å². The van der Waals surface area contributed by atoms with Crippen LogP contribution in [0.15, 0.2) is 70.2 Å². The minimum atomic E-state index is -3.28. The predicted octanol–water partition coefficient (Wildman–Crippen LogP) is 3.95. The zero-order chi connectivity index (χ0) is 23.4. The summed E-state index contributed by atoms with van der Waals surface area (Å²) in [5, 5.41) is 7.27. The van der Waals surface area contributed by atoms with Crippen LogP contribution < -0.4 is 11.1 Å². The van der Waals surface area contributed by atoms with Gasteiger partial charge < -0.3 is 15.6 Å².